The number of rotatable bonds is 9. The van der Waals surface area contributed by atoms with Crippen molar-refractivity contribution in [3.05, 3.63) is 28.5 Å². The molecule has 1 atom stereocenters. The maximum absolute atomic E-state index is 4.47. The van der Waals surface area contributed by atoms with Crippen LogP contribution in [0.1, 0.15) is 32.9 Å². The van der Waals surface area contributed by atoms with Gasteiger partial charge in [0.1, 0.15) is 0 Å². The summed E-state index contributed by atoms with van der Waals surface area (Å²) in [6.07, 6.45) is 4.05. The van der Waals surface area contributed by atoms with Gasteiger partial charge in [-0.1, -0.05) is 20.8 Å². The lowest BCUT2D eigenvalue weighted by atomic mass is 10.1. The molecule has 0 amide bonds. The largest absolute Gasteiger partial charge is 0.314 e. The molecule has 0 aliphatic carbocycles. The minimum absolute atomic E-state index is 0.513. The topological polar surface area (TPSA) is 28.2 Å². The highest BCUT2D eigenvalue weighted by molar-refractivity contribution is 9.10. The molecule has 1 aromatic heterocycles. The third-order valence-electron chi connectivity index (χ3n) is 3.43. The van der Waals surface area contributed by atoms with Crippen molar-refractivity contribution < 1.29 is 0 Å². The van der Waals surface area contributed by atoms with E-state index in [2.05, 4.69) is 64.0 Å². The molecule has 0 aromatic carbocycles. The summed E-state index contributed by atoms with van der Waals surface area (Å²) >= 11 is 3.43. The number of hydrogen-bond acceptors (Lipinski definition) is 3. The Balaban J connectivity index is 2.49. The molecule has 0 aliphatic rings. The maximum atomic E-state index is 4.47. The number of nitrogens with one attached hydrogen (secondary N) is 1. The van der Waals surface area contributed by atoms with E-state index in [0.29, 0.717) is 6.04 Å². The highest BCUT2D eigenvalue weighted by atomic mass is 79.9. The van der Waals surface area contributed by atoms with E-state index in [1.54, 1.807) is 0 Å². The van der Waals surface area contributed by atoms with Crippen molar-refractivity contribution in [2.45, 2.75) is 39.7 Å². The van der Waals surface area contributed by atoms with Gasteiger partial charge in [0.15, 0.2) is 0 Å². The number of aromatic nitrogens is 1. The van der Waals surface area contributed by atoms with Crippen LogP contribution >= 0.6 is 15.9 Å². The number of nitrogens with zero attached hydrogens (tertiary/aromatic N) is 2. The second-order valence-electron chi connectivity index (χ2n) is 4.74. The lowest BCUT2D eigenvalue weighted by Gasteiger charge is -2.23. The third-order valence-corrected chi connectivity index (χ3v) is 3.89. The summed E-state index contributed by atoms with van der Waals surface area (Å²) in [6, 6.07) is 4.68. The lowest BCUT2D eigenvalue weighted by Crippen LogP contribution is -2.36. The van der Waals surface area contributed by atoms with Crippen LogP contribution in [-0.4, -0.2) is 42.1 Å². The van der Waals surface area contributed by atoms with Gasteiger partial charge in [0.25, 0.3) is 0 Å². The van der Waals surface area contributed by atoms with Crippen LogP contribution in [0.4, 0.5) is 0 Å². The Labute approximate surface area is 125 Å². The van der Waals surface area contributed by atoms with Gasteiger partial charge in [-0.3, -0.25) is 4.98 Å². The molecule has 0 spiro atoms. The van der Waals surface area contributed by atoms with Crippen molar-refractivity contribution in [2.75, 3.05) is 26.2 Å². The van der Waals surface area contributed by atoms with Gasteiger partial charge in [0, 0.05) is 28.8 Å². The zero-order valence-electron chi connectivity index (χ0n) is 12.3. The average Bonchev–Trinajstić information content (AvgIpc) is 2.42. The summed E-state index contributed by atoms with van der Waals surface area (Å²) in [5, 5.41) is 3.57. The number of pyridine rings is 1. The molecule has 4 heteroatoms. The van der Waals surface area contributed by atoms with Gasteiger partial charge in [-0.25, -0.2) is 0 Å². The molecular formula is C15H26BrN3. The second-order valence-corrected chi connectivity index (χ2v) is 5.66. The van der Waals surface area contributed by atoms with E-state index >= 15 is 0 Å². The quantitative estimate of drug-likeness (QED) is 0.755. The minimum Gasteiger partial charge on any atom is -0.314 e. The first-order valence-corrected chi connectivity index (χ1v) is 8.05. The van der Waals surface area contributed by atoms with Crippen LogP contribution in [0, 0.1) is 0 Å². The zero-order valence-corrected chi connectivity index (χ0v) is 13.9. The molecule has 1 aromatic rings. The van der Waals surface area contributed by atoms with Crippen molar-refractivity contribution >= 4 is 15.9 Å². The minimum atomic E-state index is 0.513. The average molecular weight is 328 g/mol. The van der Waals surface area contributed by atoms with Crippen molar-refractivity contribution in [1.82, 2.24) is 15.2 Å². The monoisotopic (exact) mass is 327 g/mol. The van der Waals surface area contributed by atoms with Gasteiger partial charge in [0.2, 0.25) is 0 Å². The highest BCUT2D eigenvalue weighted by Gasteiger charge is 2.11. The number of hydrogen-bond donors (Lipinski definition) is 1. The Morgan fingerprint density at radius 1 is 1.26 bits per heavy atom. The van der Waals surface area contributed by atoms with Crippen molar-refractivity contribution in [1.29, 1.82) is 0 Å². The molecule has 0 saturated carbocycles. The Bertz CT molecular complexity index is 336. The van der Waals surface area contributed by atoms with Crippen LogP contribution in [0.2, 0.25) is 0 Å². The predicted molar refractivity (Wildman–Crippen MR) is 85.5 cm³/mol. The van der Waals surface area contributed by atoms with Crippen molar-refractivity contribution in [3.8, 4) is 0 Å². The molecule has 1 heterocycles. The van der Waals surface area contributed by atoms with Crippen LogP contribution in [0.25, 0.3) is 0 Å². The fourth-order valence-electron chi connectivity index (χ4n) is 2.22. The third kappa shape index (κ3) is 6.50. The summed E-state index contributed by atoms with van der Waals surface area (Å²) in [7, 11) is 0. The SMILES string of the molecule is CCNC(CCN(CC)CC)Cc1ccc(Br)cn1. The number of halogens is 1. The standard InChI is InChI=1S/C15H26BrN3/c1-4-17-15(9-10-19(5-2)6-3)11-14-8-7-13(16)12-18-14/h7-8,12,15,17H,4-6,9-11H2,1-3H3. The van der Waals surface area contributed by atoms with E-state index in [0.717, 1.165) is 42.8 Å². The van der Waals surface area contributed by atoms with E-state index in [-0.39, 0.29) is 0 Å². The molecule has 1 rings (SSSR count). The van der Waals surface area contributed by atoms with Crippen LogP contribution in [0.5, 0.6) is 0 Å². The molecule has 3 nitrogen and oxygen atoms in total. The van der Waals surface area contributed by atoms with Gasteiger partial charge in [0.05, 0.1) is 0 Å². The summed E-state index contributed by atoms with van der Waals surface area (Å²) in [4.78, 5) is 6.94. The molecule has 1 N–H and O–H groups in total. The van der Waals surface area contributed by atoms with Gasteiger partial charge in [-0.15, -0.1) is 0 Å². The molecule has 0 radical (unpaired) electrons. The van der Waals surface area contributed by atoms with E-state index in [4.69, 9.17) is 0 Å². The van der Waals surface area contributed by atoms with Gasteiger partial charge in [-0.2, -0.15) is 0 Å². The van der Waals surface area contributed by atoms with E-state index in [9.17, 15) is 0 Å². The fraction of sp³-hybridized carbons (Fsp3) is 0.667. The Hall–Kier alpha value is -0.450. The van der Waals surface area contributed by atoms with E-state index in [1.807, 2.05) is 6.20 Å². The second kappa shape index (κ2) is 9.45. The highest BCUT2D eigenvalue weighted by Crippen LogP contribution is 2.10. The summed E-state index contributed by atoms with van der Waals surface area (Å²) < 4.78 is 1.04. The van der Waals surface area contributed by atoms with Gasteiger partial charge >= 0.3 is 0 Å². The Morgan fingerprint density at radius 2 is 2.00 bits per heavy atom. The molecule has 0 aliphatic heterocycles. The van der Waals surface area contributed by atoms with Crippen molar-refractivity contribution in [3.63, 3.8) is 0 Å². The van der Waals surface area contributed by atoms with E-state index < -0.39 is 0 Å². The first-order valence-electron chi connectivity index (χ1n) is 7.25. The first-order chi connectivity index (χ1) is 9.19. The fourth-order valence-corrected chi connectivity index (χ4v) is 2.46. The van der Waals surface area contributed by atoms with Crippen LogP contribution in [0.3, 0.4) is 0 Å². The first kappa shape index (κ1) is 16.6. The van der Waals surface area contributed by atoms with Gasteiger partial charge < -0.3 is 10.2 Å². The molecule has 0 saturated heterocycles. The normalized spacial score (nSPS) is 12.9. The van der Waals surface area contributed by atoms with Crippen molar-refractivity contribution in [2.24, 2.45) is 0 Å². The molecule has 19 heavy (non-hydrogen) atoms. The summed E-state index contributed by atoms with van der Waals surface area (Å²) in [5.74, 6) is 0. The summed E-state index contributed by atoms with van der Waals surface area (Å²) in [6.45, 7) is 11.0. The van der Waals surface area contributed by atoms with Gasteiger partial charge in [-0.05, 0) is 60.7 Å². The molecule has 108 valence electrons. The Morgan fingerprint density at radius 3 is 2.53 bits per heavy atom. The molecule has 0 bridgehead atoms. The number of likely N-dealkylation sites (N-methyl/N-ethyl adjacent to an activating group) is 1. The Kier molecular flexibility index (Phi) is 8.26. The predicted octanol–water partition coefficient (Wildman–Crippen LogP) is 3.10. The van der Waals surface area contributed by atoms with Crippen LogP contribution in [0.15, 0.2) is 22.8 Å². The molecular weight excluding hydrogens is 302 g/mol. The van der Waals surface area contributed by atoms with Crippen LogP contribution in [-0.2, 0) is 6.42 Å². The van der Waals surface area contributed by atoms with E-state index in [1.165, 1.54) is 6.42 Å². The zero-order chi connectivity index (χ0) is 14.1. The molecule has 0 fully saturated rings. The maximum Gasteiger partial charge on any atom is 0.0419 e. The van der Waals surface area contributed by atoms with Crippen LogP contribution < -0.4 is 5.32 Å². The smallest absolute Gasteiger partial charge is 0.0419 e. The summed E-state index contributed by atoms with van der Waals surface area (Å²) in [5.41, 5.74) is 1.16. The lowest BCUT2D eigenvalue weighted by molar-refractivity contribution is 0.280. The molecule has 1 unspecified atom stereocenters.